The Hall–Kier alpha value is -1.55. The summed E-state index contributed by atoms with van der Waals surface area (Å²) in [7, 11) is 0. The summed E-state index contributed by atoms with van der Waals surface area (Å²) in [6.45, 7) is 9.88. The molecule has 1 amide bonds. The van der Waals surface area contributed by atoms with Gasteiger partial charge in [-0.15, -0.1) is 0 Å². The summed E-state index contributed by atoms with van der Waals surface area (Å²) in [6, 6.07) is 8.31. The minimum absolute atomic E-state index is 0.271. The second kappa shape index (κ2) is 8.03. The number of carbonyl (C=O) groups is 1. The third kappa shape index (κ3) is 4.46. The summed E-state index contributed by atoms with van der Waals surface area (Å²) in [5.41, 5.74) is 2.46. The van der Waals surface area contributed by atoms with Gasteiger partial charge >= 0.3 is 0 Å². The molecular weight excluding hydrogens is 262 g/mol. The van der Waals surface area contributed by atoms with E-state index in [9.17, 15) is 4.79 Å². The minimum Gasteiger partial charge on any atom is -0.384 e. The topological polar surface area (TPSA) is 35.6 Å². The van der Waals surface area contributed by atoms with Crippen molar-refractivity contribution in [1.82, 2.24) is 9.80 Å². The zero-order valence-electron chi connectivity index (χ0n) is 13.3. The first-order valence-electron chi connectivity index (χ1n) is 8.06. The molecule has 0 aliphatic carbocycles. The molecule has 2 rings (SSSR count). The first kappa shape index (κ1) is 15.8. The Balaban J connectivity index is 1.74. The zero-order valence-corrected chi connectivity index (χ0v) is 13.3. The Labute approximate surface area is 128 Å². The van der Waals surface area contributed by atoms with Crippen LogP contribution in [0.1, 0.15) is 25.8 Å². The van der Waals surface area contributed by atoms with E-state index in [-0.39, 0.29) is 5.91 Å². The van der Waals surface area contributed by atoms with E-state index in [1.165, 1.54) is 5.56 Å². The molecule has 1 aliphatic heterocycles. The number of amides is 1. The van der Waals surface area contributed by atoms with Gasteiger partial charge in [-0.05, 0) is 24.6 Å². The summed E-state index contributed by atoms with van der Waals surface area (Å²) >= 11 is 0. The fourth-order valence-corrected chi connectivity index (χ4v) is 2.78. The predicted molar refractivity (Wildman–Crippen MR) is 87.6 cm³/mol. The largest absolute Gasteiger partial charge is 0.384 e. The number of carbonyl (C=O) groups excluding carboxylic acids is 1. The minimum atomic E-state index is 0.271. The van der Waals surface area contributed by atoms with Crippen molar-refractivity contribution in [3.63, 3.8) is 0 Å². The van der Waals surface area contributed by atoms with Gasteiger partial charge in [-0.3, -0.25) is 4.79 Å². The average molecular weight is 289 g/mol. The van der Waals surface area contributed by atoms with E-state index in [4.69, 9.17) is 0 Å². The number of likely N-dealkylation sites (N-methyl/N-ethyl adjacent to an activating group) is 1. The molecule has 0 saturated carbocycles. The van der Waals surface area contributed by atoms with E-state index in [1.807, 2.05) is 11.0 Å². The van der Waals surface area contributed by atoms with Crippen molar-refractivity contribution in [2.45, 2.75) is 26.7 Å². The maximum atomic E-state index is 12.2. The summed E-state index contributed by atoms with van der Waals surface area (Å²) in [5.74, 6) is 0.271. The zero-order chi connectivity index (χ0) is 15.1. The van der Waals surface area contributed by atoms with Crippen molar-refractivity contribution >= 4 is 11.6 Å². The fourth-order valence-electron chi connectivity index (χ4n) is 2.78. The van der Waals surface area contributed by atoms with Crippen LogP contribution in [0.15, 0.2) is 24.3 Å². The summed E-state index contributed by atoms with van der Waals surface area (Å²) < 4.78 is 0. The number of piperazine rings is 1. The standard InChI is InChI=1S/C17H27N3O/c1-3-15-7-5-6-8-16(15)18-10-9-17(21)20-13-11-19(4-2)12-14-20/h5-8,18H,3-4,9-14H2,1-2H3. The number of aryl methyl sites for hydroxylation is 1. The van der Waals surface area contributed by atoms with Gasteiger partial charge in [0.05, 0.1) is 0 Å². The molecule has 4 heteroatoms. The number of anilines is 1. The number of hydrogen-bond acceptors (Lipinski definition) is 3. The molecule has 1 N–H and O–H groups in total. The lowest BCUT2D eigenvalue weighted by Crippen LogP contribution is -2.48. The van der Waals surface area contributed by atoms with Crippen molar-refractivity contribution in [1.29, 1.82) is 0 Å². The Kier molecular flexibility index (Phi) is 6.05. The van der Waals surface area contributed by atoms with Crippen LogP contribution in [0.4, 0.5) is 5.69 Å². The molecule has 0 atom stereocenters. The van der Waals surface area contributed by atoms with Crippen molar-refractivity contribution in [3.8, 4) is 0 Å². The molecule has 0 bridgehead atoms. The van der Waals surface area contributed by atoms with Crippen LogP contribution in [0.5, 0.6) is 0 Å². The third-order valence-corrected chi connectivity index (χ3v) is 4.22. The van der Waals surface area contributed by atoms with Gasteiger partial charge in [0.2, 0.25) is 5.91 Å². The van der Waals surface area contributed by atoms with Gasteiger partial charge in [0.1, 0.15) is 0 Å². The molecule has 21 heavy (non-hydrogen) atoms. The summed E-state index contributed by atoms with van der Waals surface area (Å²) in [6.07, 6.45) is 1.58. The van der Waals surface area contributed by atoms with Crippen LogP contribution >= 0.6 is 0 Å². The molecule has 1 saturated heterocycles. The second-order valence-electron chi connectivity index (χ2n) is 5.50. The van der Waals surface area contributed by atoms with Crippen molar-refractivity contribution in [2.75, 3.05) is 44.6 Å². The number of nitrogens with zero attached hydrogens (tertiary/aromatic N) is 2. The molecule has 1 aromatic rings. The van der Waals surface area contributed by atoms with E-state index in [0.717, 1.165) is 44.8 Å². The van der Waals surface area contributed by atoms with E-state index in [2.05, 4.69) is 42.3 Å². The first-order chi connectivity index (χ1) is 10.2. The molecule has 0 unspecified atom stereocenters. The average Bonchev–Trinajstić information content (AvgIpc) is 2.55. The van der Waals surface area contributed by atoms with Gasteiger partial charge in [-0.25, -0.2) is 0 Å². The van der Waals surface area contributed by atoms with Crippen LogP contribution in [0, 0.1) is 0 Å². The SMILES string of the molecule is CCc1ccccc1NCCC(=O)N1CCN(CC)CC1. The van der Waals surface area contributed by atoms with Crippen LogP contribution in [0.2, 0.25) is 0 Å². The van der Waals surface area contributed by atoms with Crippen molar-refractivity contribution in [3.05, 3.63) is 29.8 Å². The van der Waals surface area contributed by atoms with Gasteiger partial charge in [0, 0.05) is 44.8 Å². The maximum absolute atomic E-state index is 12.2. The fraction of sp³-hybridized carbons (Fsp3) is 0.588. The number of hydrogen-bond donors (Lipinski definition) is 1. The molecule has 0 aromatic heterocycles. The van der Waals surface area contributed by atoms with Gasteiger partial charge in [0.15, 0.2) is 0 Å². The molecule has 1 aromatic carbocycles. The molecule has 0 radical (unpaired) electrons. The molecule has 116 valence electrons. The highest BCUT2D eigenvalue weighted by molar-refractivity contribution is 5.77. The van der Waals surface area contributed by atoms with Crippen molar-refractivity contribution in [2.24, 2.45) is 0 Å². The Morgan fingerprint density at radius 3 is 2.52 bits per heavy atom. The molecule has 4 nitrogen and oxygen atoms in total. The molecular formula is C17H27N3O. The lowest BCUT2D eigenvalue weighted by molar-refractivity contribution is -0.132. The third-order valence-electron chi connectivity index (χ3n) is 4.22. The number of nitrogens with one attached hydrogen (secondary N) is 1. The van der Waals surface area contributed by atoms with Gasteiger partial charge in [0.25, 0.3) is 0 Å². The molecule has 1 aliphatic rings. The van der Waals surface area contributed by atoms with E-state index in [0.29, 0.717) is 13.0 Å². The number of benzene rings is 1. The van der Waals surface area contributed by atoms with Crippen LogP contribution in [0.25, 0.3) is 0 Å². The number of rotatable bonds is 6. The Morgan fingerprint density at radius 1 is 1.14 bits per heavy atom. The van der Waals surface area contributed by atoms with Gasteiger partial charge in [-0.2, -0.15) is 0 Å². The summed E-state index contributed by atoms with van der Waals surface area (Å²) in [4.78, 5) is 16.6. The van der Waals surface area contributed by atoms with Crippen LogP contribution in [-0.4, -0.2) is 55.0 Å². The van der Waals surface area contributed by atoms with Gasteiger partial charge < -0.3 is 15.1 Å². The smallest absolute Gasteiger partial charge is 0.224 e. The Morgan fingerprint density at radius 2 is 1.86 bits per heavy atom. The highest BCUT2D eigenvalue weighted by Gasteiger charge is 2.19. The van der Waals surface area contributed by atoms with Crippen LogP contribution in [0.3, 0.4) is 0 Å². The monoisotopic (exact) mass is 289 g/mol. The summed E-state index contributed by atoms with van der Waals surface area (Å²) in [5, 5.41) is 3.40. The first-order valence-corrected chi connectivity index (χ1v) is 8.06. The van der Waals surface area contributed by atoms with Crippen molar-refractivity contribution < 1.29 is 4.79 Å². The normalized spacial score (nSPS) is 16.0. The lowest BCUT2D eigenvalue weighted by Gasteiger charge is -2.34. The molecule has 1 heterocycles. The van der Waals surface area contributed by atoms with Crippen LogP contribution < -0.4 is 5.32 Å². The molecule has 0 spiro atoms. The quantitative estimate of drug-likeness (QED) is 0.872. The highest BCUT2D eigenvalue weighted by atomic mass is 16.2. The maximum Gasteiger partial charge on any atom is 0.224 e. The predicted octanol–water partition coefficient (Wildman–Crippen LogP) is 2.22. The van der Waals surface area contributed by atoms with E-state index < -0.39 is 0 Å². The van der Waals surface area contributed by atoms with E-state index in [1.54, 1.807) is 0 Å². The Bertz CT molecular complexity index is 453. The molecule has 1 fully saturated rings. The van der Waals surface area contributed by atoms with E-state index >= 15 is 0 Å². The van der Waals surface area contributed by atoms with Gasteiger partial charge in [-0.1, -0.05) is 32.0 Å². The van der Waals surface area contributed by atoms with Crippen LogP contribution in [-0.2, 0) is 11.2 Å². The highest BCUT2D eigenvalue weighted by Crippen LogP contribution is 2.15. The second-order valence-corrected chi connectivity index (χ2v) is 5.50. The lowest BCUT2D eigenvalue weighted by atomic mass is 10.1. The number of para-hydroxylation sites is 1.